The van der Waals surface area contributed by atoms with Crippen LogP contribution < -0.4 is 0 Å². The second kappa shape index (κ2) is 24.2. The van der Waals surface area contributed by atoms with Crippen LogP contribution >= 0.6 is 0 Å². The van der Waals surface area contributed by atoms with Crippen molar-refractivity contribution in [3.05, 3.63) is 0 Å². The van der Waals surface area contributed by atoms with Gasteiger partial charge in [-0.2, -0.15) is 0 Å². The average Bonchev–Trinajstić information content (AvgIpc) is 2.74. The number of ether oxygens (including phenoxy) is 2. The molecule has 0 radical (unpaired) electrons. The van der Waals surface area contributed by atoms with Crippen molar-refractivity contribution < 1.29 is 19.1 Å². The van der Waals surface area contributed by atoms with Crippen molar-refractivity contribution in [3.63, 3.8) is 0 Å². The Hall–Kier alpha value is -1.06. The number of carbonyl (C=O) groups is 2. The topological polar surface area (TPSA) is 52.6 Å². The summed E-state index contributed by atoms with van der Waals surface area (Å²) in [4.78, 5) is 23.3. The predicted molar refractivity (Wildman–Crippen MR) is 126 cm³/mol. The molecule has 4 heteroatoms. The Labute approximate surface area is 186 Å². The highest BCUT2D eigenvalue weighted by molar-refractivity contribution is 5.72. The Morgan fingerprint density at radius 3 is 1.10 bits per heavy atom. The second-order valence-corrected chi connectivity index (χ2v) is 8.60. The van der Waals surface area contributed by atoms with Crippen LogP contribution in [-0.4, -0.2) is 25.2 Å². The summed E-state index contributed by atoms with van der Waals surface area (Å²) in [5, 5.41) is 0. The van der Waals surface area contributed by atoms with Gasteiger partial charge in [0.1, 0.15) is 0 Å². The number of carbonyl (C=O) groups excluding carboxylic acids is 2. The van der Waals surface area contributed by atoms with E-state index in [4.69, 9.17) is 9.47 Å². The lowest BCUT2D eigenvalue weighted by Crippen LogP contribution is -2.09. The van der Waals surface area contributed by atoms with Gasteiger partial charge >= 0.3 is 11.9 Å². The molecule has 0 saturated heterocycles. The smallest absolute Gasteiger partial charge is 0.305 e. The van der Waals surface area contributed by atoms with E-state index in [0.717, 1.165) is 25.7 Å². The summed E-state index contributed by atoms with van der Waals surface area (Å²) < 4.78 is 10.4. The lowest BCUT2D eigenvalue weighted by molar-refractivity contribution is -0.145. The summed E-state index contributed by atoms with van der Waals surface area (Å²) in [6, 6.07) is 0. The molecular formula is C26H50O4. The molecule has 0 aliphatic carbocycles. The van der Waals surface area contributed by atoms with Gasteiger partial charge in [-0.05, 0) is 19.3 Å². The number of unbranched alkanes of at least 4 members (excludes halogenated alkanes) is 15. The highest BCUT2D eigenvalue weighted by Gasteiger charge is 2.07. The van der Waals surface area contributed by atoms with Gasteiger partial charge in [0, 0.05) is 12.8 Å². The van der Waals surface area contributed by atoms with E-state index in [1.807, 2.05) is 0 Å². The first-order valence-electron chi connectivity index (χ1n) is 13.0. The number of rotatable bonds is 23. The van der Waals surface area contributed by atoms with Gasteiger partial charge in [-0.1, -0.05) is 110 Å². The van der Waals surface area contributed by atoms with Gasteiger partial charge in [0.2, 0.25) is 0 Å². The Morgan fingerprint density at radius 2 is 0.733 bits per heavy atom. The minimum Gasteiger partial charge on any atom is -0.466 e. The van der Waals surface area contributed by atoms with E-state index < -0.39 is 0 Å². The largest absolute Gasteiger partial charge is 0.466 e. The molecule has 0 amide bonds. The van der Waals surface area contributed by atoms with Gasteiger partial charge in [0.15, 0.2) is 0 Å². The lowest BCUT2D eigenvalue weighted by atomic mass is 10.0. The van der Waals surface area contributed by atoms with Crippen molar-refractivity contribution in [3.8, 4) is 0 Å². The molecule has 0 rings (SSSR count). The van der Waals surface area contributed by atoms with E-state index in [0.29, 0.717) is 32.5 Å². The van der Waals surface area contributed by atoms with Crippen LogP contribution in [0.3, 0.4) is 0 Å². The van der Waals surface area contributed by atoms with Crippen molar-refractivity contribution in [1.29, 1.82) is 0 Å². The maximum absolute atomic E-state index is 11.7. The molecule has 0 saturated carbocycles. The van der Waals surface area contributed by atoms with Crippen LogP contribution in [0.5, 0.6) is 0 Å². The van der Waals surface area contributed by atoms with Crippen LogP contribution in [0.2, 0.25) is 0 Å². The lowest BCUT2D eigenvalue weighted by Gasteiger charge is -2.06. The van der Waals surface area contributed by atoms with Gasteiger partial charge in [0.05, 0.1) is 13.2 Å². The van der Waals surface area contributed by atoms with Gasteiger partial charge < -0.3 is 9.47 Å². The second-order valence-electron chi connectivity index (χ2n) is 8.60. The van der Waals surface area contributed by atoms with Gasteiger partial charge in [-0.15, -0.1) is 0 Å². The first kappa shape index (κ1) is 28.9. The summed E-state index contributed by atoms with van der Waals surface area (Å²) in [6.45, 7) is 5.44. The summed E-state index contributed by atoms with van der Waals surface area (Å²) >= 11 is 0. The van der Waals surface area contributed by atoms with Crippen LogP contribution in [0.1, 0.15) is 142 Å². The van der Waals surface area contributed by atoms with Crippen molar-refractivity contribution >= 4 is 11.9 Å². The van der Waals surface area contributed by atoms with E-state index in [1.54, 1.807) is 0 Å². The SMILES string of the molecule is CCCCCCCCCCCCCCCOC(=O)CCCC(=O)OCCCCCC. The van der Waals surface area contributed by atoms with Crippen molar-refractivity contribution in [2.45, 2.75) is 142 Å². The van der Waals surface area contributed by atoms with E-state index in [9.17, 15) is 9.59 Å². The molecule has 0 aliphatic heterocycles. The molecule has 0 bridgehead atoms. The third-order valence-corrected chi connectivity index (χ3v) is 5.53. The van der Waals surface area contributed by atoms with Crippen LogP contribution in [0, 0.1) is 0 Å². The molecule has 178 valence electrons. The highest BCUT2D eigenvalue weighted by Crippen LogP contribution is 2.12. The standard InChI is InChI=1S/C26H50O4/c1-3-5-7-9-10-11-12-13-14-15-16-17-19-24-30-26(28)22-20-21-25(27)29-23-18-8-6-4-2/h3-24H2,1-2H3. The molecule has 0 heterocycles. The van der Waals surface area contributed by atoms with Crippen LogP contribution in [0.25, 0.3) is 0 Å². The van der Waals surface area contributed by atoms with Crippen molar-refractivity contribution in [2.24, 2.45) is 0 Å². The maximum Gasteiger partial charge on any atom is 0.305 e. The van der Waals surface area contributed by atoms with E-state index in [-0.39, 0.29) is 11.9 Å². The number of esters is 2. The molecular weight excluding hydrogens is 376 g/mol. The zero-order valence-corrected chi connectivity index (χ0v) is 20.2. The molecule has 0 atom stereocenters. The monoisotopic (exact) mass is 426 g/mol. The fourth-order valence-corrected chi connectivity index (χ4v) is 3.54. The van der Waals surface area contributed by atoms with Gasteiger partial charge in [-0.3, -0.25) is 9.59 Å². The fraction of sp³-hybridized carbons (Fsp3) is 0.923. The molecule has 0 aromatic carbocycles. The summed E-state index contributed by atoms with van der Waals surface area (Å²) in [5.74, 6) is -0.388. The van der Waals surface area contributed by atoms with Crippen LogP contribution in [0.15, 0.2) is 0 Å². The van der Waals surface area contributed by atoms with Crippen molar-refractivity contribution in [1.82, 2.24) is 0 Å². The minimum absolute atomic E-state index is 0.190. The molecule has 30 heavy (non-hydrogen) atoms. The first-order chi connectivity index (χ1) is 14.7. The summed E-state index contributed by atoms with van der Waals surface area (Å²) in [5.41, 5.74) is 0. The Morgan fingerprint density at radius 1 is 0.433 bits per heavy atom. The molecule has 0 unspecified atom stereocenters. The normalized spacial score (nSPS) is 10.9. The number of hydrogen-bond acceptors (Lipinski definition) is 4. The fourth-order valence-electron chi connectivity index (χ4n) is 3.54. The molecule has 0 aliphatic rings. The van der Waals surface area contributed by atoms with E-state index in [2.05, 4.69) is 13.8 Å². The first-order valence-corrected chi connectivity index (χ1v) is 13.0. The van der Waals surface area contributed by atoms with Crippen LogP contribution in [-0.2, 0) is 19.1 Å². The van der Waals surface area contributed by atoms with Gasteiger partial charge in [-0.25, -0.2) is 0 Å². The zero-order valence-electron chi connectivity index (χ0n) is 20.2. The highest BCUT2D eigenvalue weighted by atomic mass is 16.5. The average molecular weight is 427 g/mol. The van der Waals surface area contributed by atoms with Gasteiger partial charge in [0.25, 0.3) is 0 Å². The van der Waals surface area contributed by atoms with Crippen LogP contribution in [0.4, 0.5) is 0 Å². The maximum atomic E-state index is 11.7. The molecule has 0 N–H and O–H groups in total. The third-order valence-electron chi connectivity index (χ3n) is 5.53. The van der Waals surface area contributed by atoms with Crippen molar-refractivity contribution in [2.75, 3.05) is 13.2 Å². The van der Waals surface area contributed by atoms with E-state index in [1.165, 1.54) is 83.5 Å². The molecule has 0 fully saturated rings. The molecule has 0 spiro atoms. The summed E-state index contributed by atoms with van der Waals surface area (Å²) in [6.07, 6.45) is 22.6. The minimum atomic E-state index is -0.198. The van der Waals surface area contributed by atoms with E-state index >= 15 is 0 Å². The number of hydrogen-bond donors (Lipinski definition) is 0. The Balaban J connectivity index is 3.25. The quantitative estimate of drug-likeness (QED) is 0.123. The summed E-state index contributed by atoms with van der Waals surface area (Å²) in [7, 11) is 0. The molecule has 0 aromatic rings. The Kier molecular flexibility index (Phi) is 23.4. The predicted octanol–water partition coefficient (Wildman–Crippen LogP) is 7.91. The molecule has 0 aromatic heterocycles. The zero-order chi connectivity index (χ0) is 22.1. The Bertz CT molecular complexity index is 381. The molecule has 4 nitrogen and oxygen atoms in total. The third kappa shape index (κ3) is 23.2.